The molecule has 0 aliphatic heterocycles. The number of rotatable bonds is 5. The van der Waals surface area contributed by atoms with Crippen molar-refractivity contribution in [2.75, 3.05) is 0 Å². The molecule has 0 amide bonds. The summed E-state index contributed by atoms with van der Waals surface area (Å²) in [5.74, 6) is 1.64. The molecule has 132 valence electrons. The van der Waals surface area contributed by atoms with Crippen molar-refractivity contribution in [2.45, 2.75) is 58.3 Å². The minimum atomic E-state index is -0.0740. The summed E-state index contributed by atoms with van der Waals surface area (Å²) in [4.78, 5) is 12.9. The van der Waals surface area contributed by atoms with Gasteiger partial charge in [-0.25, -0.2) is 0 Å². The van der Waals surface area contributed by atoms with Gasteiger partial charge in [0.15, 0.2) is 0 Å². The van der Waals surface area contributed by atoms with Gasteiger partial charge in [0.05, 0.1) is 5.92 Å². The van der Waals surface area contributed by atoms with Crippen LogP contribution in [0.2, 0.25) is 0 Å². The van der Waals surface area contributed by atoms with Crippen LogP contribution in [0.4, 0.5) is 0 Å². The molecule has 0 aromatic heterocycles. The average molecular weight is 336 g/mol. The van der Waals surface area contributed by atoms with E-state index in [1.54, 1.807) is 0 Å². The first kappa shape index (κ1) is 17.7. The van der Waals surface area contributed by atoms with Gasteiger partial charge in [0, 0.05) is 0 Å². The van der Waals surface area contributed by atoms with Gasteiger partial charge in [0.1, 0.15) is 5.75 Å². The fourth-order valence-electron chi connectivity index (χ4n) is 3.66. The van der Waals surface area contributed by atoms with Crippen LogP contribution in [0.5, 0.6) is 5.75 Å². The summed E-state index contributed by atoms with van der Waals surface area (Å²) in [6, 6.07) is 16.6. The second kappa shape index (κ2) is 7.43. The summed E-state index contributed by atoms with van der Waals surface area (Å²) in [5.41, 5.74) is 3.49. The summed E-state index contributed by atoms with van der Waals surface area (Å²) < 4.78 is 6.02. The maximum atomic E-state index is 12.9. The van der Waals surface area contributed by atoms with Crippen molar-refractivity contribution in [2.24, 2.45) is 5.92 Å². The van der Waals surface area contributed by atoms with Gasteiger partial charge in [0.25, 0.3) is 0 Å². The number of ether oxygens (including phenoxy) is 1. The molecule has 25 heavy (non-hydrogen) atoms. The van der Waals surface area contributed by atoms with E-state index in [1.807, 2.05) is 18.2 Å². The van der Waals surface area contributed by atoms with E-state index in [2.05, 4.69) is 58.0 Å². The highest BCUT2D eigenvalue weighted by Crippen LogP contribution is 2.44. The molecule has 2 atom stereocenters. The first-order chi connectivity index (χ1) is 12.0. The third kappa shape index (κ3) is 3.63. The van der Waals surface area contributed by atoms with E-state index in [-0.39, 0.29) is 11.9 Å². The molecule has 3 rings (SSSR count). The van der Waals surface area contributed by atoms with Crippen LogP contribution in [0.15, 0.2) is 48.5 Å². The number of benzene rings is 2. The van der Waals surface area contributed by atoms with Crippen molar-refractivity contribution in [3.63, 3.8) is 0 Å². The van der Waals surface area contributed by atoms with Crippen LogP contribution in [0.1, 0.15) is 75.0 Å². The largest absolute Gasteiger partial charge is 0.426 e. The molecule has 2 aromatic rings. The maximum Gasteiger partial charge on any atom is 0.314 e. The predicted molar refractivity (Wildman–Crippen MR) is 102 cm³/mol. The van der Waals surface area contributed by atoms with Crippen molar-refractivity contribution in [3.05, 3.63) is 65.2 Å². The Bertz CT molecular complexity index is 705. The van der Waals surface area contributed by atoms with Crippen molar-refractivity contribution in [3.8, 4) is 5.75 Å². The van der Waals surface area contributed by atoms with Gasteiger partial charge >= 0.3 is 5.97 Å². The maximum absolute atomic E-state index is 12.9. The van der Waals surface area contributed by atoms with Crippen molar-refractivity contribution < 1.29 is 9.53 Å². The fourth-order valence-corrected chi connectivity index (χ4v) is 3.66. The van der Waals surface area contributed by atoms with Gasteiger partial charge in [-0.05, 0) is 47.3 Å². The average Bonchev–Trinajstić information content (AvgIpc) is 2.54. The van der Waals surface area contributed by atoms with Gasteiger partial charge in [-0.15, -0.1) is 0 Å². The van der Waals surface area contributed by atoms with Crippen LogP contribution in [-0.4, -0.2) is 5.97 Å². The Kier molecular flexibility index (Phi) is 5.27. The van der Waals surface area contributed by atoms with Gasteiger partial charge in [-0.3, -0.25) is 4.79 Å². The third-order valence-corrected chi connectivity index (χ3v) is 5.33. The zero-order valence-electron chi connectivity index (χ0n) is 15.7. The van der Waals surface area contributed by atoms with Crippen LogP contribution < -0.4 is 4.74 Å². The molecular weight excluding hydrogens is 308 g/mol. The first-order valence-corrected chi connectivity index (χ1v) is 9.38. The van der Waals surface area contributed by atoms with Crippen LogP contribution in [0.3, 0.4) is 0 Å². The van der Waals surface area contributed by atoms with Crippen LogP contribution in [0.25, 0.3) is 0 Å². The molecule has 1 aliphatic rings. The molecule has 1 fully saturated rings. The third-order valence-electron chi connectivity index (χ3n) is 5.33. The Morgan fingerprint density at radius 1 is 0.880 bits per heavy atom. The lowest BCUT2D eigenvalue weighted by Gasteiger charge is -2.35. The van der Waals surface area contributed by atoms with Crippen molar-refractivity contribution >= 4 is 5.97 Å². The lowest BCUT2D eigenvalue weighted by atomic mass is 9.70. The Hall–Kier alpha value is -2.09. The van der Waals surface area contributed by atoms with E-state index in [1.165, 1.54) is 5.56 Å². The lowest BCUT2D eigenvalue weighted by Crippen LogP contribution is -2.34. The molecule has 0 radical (unpaired) electrons. The van der Waals surface area contributed by atoms with Crippen molar-refractivity contribution in [1.29, 1.82) is 0 Å². The number of para-hydroxylation sites is 1. The smallest absolute Gasteiger partial charge is 0.314 e. The van der Waals surface area contributed by atoms with Gasteiger partial charge in [-0.2, -0.15) is 0 Å². The minimum absolute atomic E-state index is 0.0253. The molecule has 0 bridgehead atoms. The van der Waals surface area contributed by atoms with Crippen LogP contribution >= 0.6 is 0 Å². The Labute approximate surface area is 151 Å². The predicted octanol–water partition coefficient (Wildman–Crippen LogP) is 6.03. The molecule has 2 heteroatoms. The fraction of sp³-hybridized carbons (Fsp3) is 0.435. The minimum Gasteiger partial charge on any atom is -0.426 e. The first-order valence-electron chi connectivity index (χ1n) is 9.38. The molecule has 2 aromatic carbocycles. The zero-order chi connectivity index (χ0) is 18.0. The Morgan fingerprint density at radius 2 is 1.48 bits per heavy atom. The van der Waals surface area contributed by atoms with E-state index in [0.29, 0.717) is 17.8 Å². The Balaban J connectivity index is 1.84. The van der Waals surface area contributed by atoms with E-state index in [9.17, 15) is 4.79 Å². The number of carbonyl (C=O) groups excluding carboxylic acids is 1. The van der Waals surface area contributed by atoms with Crippen molar-refractivity contribution in [1.82, 2.24) is 0 Å². The van der Waals surface area contributed by atoms with E-state index in [4.69, 9.17) is 4.74 Å². The molecule has 0 heterocycles. The Morgan fingerprint density at radius 3 is 1.96 bits per heavy atom. The standard InChI is InChI=1S/C23H28O2/c1-15(2)18-11-8-12-19(16(3)4)22(18)25-23(24)21-14-13-20(21)17-9-6-5-7-10-17/h5-12,15-16,20-21H,13-14H2,1-4H3/t20-,21+/m0/s1. The van der Waals surface area contributed by atoms with E-state index in [0.717, 1.165) is 29.7 Å². The molecule has 1 aliphatic carbocycles. The second-order valence-electron chi connectivity index (χ2n) is 7.70. The normalized spacial score (nSPS) is 19.8. The summed E-state index contributed by atoms with van der Waals surface area (Å²) >= 11 is 0. The molecule has 2 nitrogen and oxygen atoms in total. The molecule has 0 spiro atoms. The summed E-state index contributed by atoms with van der Waals surface area (Å²) in [6.45, 7) is 8.58. The van der Waals surface area contributed by atoms with Gasteiger partial charge in [-0.1, -0.05) is 76.2 Å². The topological polar surface area (TPSA) is 26.3 Å². The van der Waals surface area contributed by atoms with E-state index < -0.39 is 0 Å². The zero-order valence-corrected chi connectivity index (χ0v) is 15.7. The van der Waals surface area contributed by atoms with Gasteiger partial charge < -0.3 is 4.74 Å². The molecule has 0 unspecified atom stereocenters. The summed E-state index contributed by atoms with van der Waals surface area (Å²) in [6.07, 6.45) is 1.98. The quantitative estimate of drug-likeness (QED) is 0.492. The lowest BCUT2D eigenvalue weighted by molar-refractivity contribution is -0.142. The number of hydrogen-bond acceptors (Lipinski definition) is 2. The number of hydrogen-bond donors (Lipinski definition) is 0. The second-order valence-corrected chi connectivity index (χ2v) is 7.70. The van der Waals surface area contributed by atoms with Gasteiger partial charge in [0.2, 0.25) is 0 Å². The molecule has 0 N–H and O–H groups in total. The summed E-state index contributed by atoms with van der Waals surface area (Å²) in [5, 5.41) is 0. The highest BCUT2D eigenvalue weighted by Gasteiger charge is 2.39. The highest BCUT2D eigenvalue weighted by molar-refractivity contribution is 5.78. The number of esters is 1. The van der Waals surface area contributed by atoms with E-state index >= 15 is 0 Å². The monoisotopic (exact) mass is 336 g/mol. The SMILES string of the molecule is CC(C)c1cccc(C(C)C)c1OC(=O)[C@@H]1CC[C@H]1c1ccccc1. The molecule has 1 saturated carbocycles. The summed E-state index contributed by atoms with van der Waals surface area (Å²) in [7, 11) is 0. The highest BCUT2D eigenvalue weighted by atomic mass is 16.5. The van der Waals surface area contributed by atoms with Crippen LogP contribution in [-0.2, 0) is 4.79 Å². The molecular formula is C23H28O2. The van der Waals surface area contributed by atoms with Crippen LogP contribution in [0, 0.1) is 5.92 Å². The number of carbonyl (C=O) groups is 1. The molecule has 0 saturated heterocycles.